The van der Waals surface area contributed by atoms with Crippen molar-refractivity contribution < 1.29 is 8.42 Å². The Morgan fingerprint density at radius 3 is 2.67 bits per heavy atom. The van der Waals surface area contributed by atoms with Crippen LogP contribution in [0.1, 0.15) is 12.8 Å². The first-order valence-corrected chi connectivity index (χ1v) is 8.22. The molecule has 2 heterocycles. The summed E-state index contributed by atoms with van der Waals surface area (Å²) in [5.41, 5.74) is 0. The van der Waals surface area contributed by atoms with E-state index in [0.29, 0.717) is 10.9 Å². The van der Waals surface area contributed by atoms with Gasteiger partial charge in [0.15, 0.2) is 0 Å². The Morgan fingerprint density at radius 1 is 1.44 bits per heavy atom. The number of hydrogen-bond acceptors (Lipinski definition) is 4. The van der Waals surface area contributed by atoms with Gasteiger partial charge in [0.2, 0.25) is 10.0 Å². The minimum atomic E-state index is -3.57. The first-order chi connectivity index (χ1) is 7.99. The highest BCUT2D eigenvalue weighted by molar-refractivity contribution is 7.89. The van der Waals surface area contributed by atoms with Gasteiger partial charge >= 0.3 is 0 Å². The summed E-state index contributed by atoms with van der Waals surface area (Å²) in [6.07, 6.45) is 1.80. The van der Waals surface area contributed by atoms with Crippen molar-refractivity contribution in [2.75, 3.05) is 13.1 Å². The van der Waals surface area contributed by atoms with E-state index in [9.17, 15) is 8.42 Å². The third-order valence-electron chi connectivity index (χ3n) is 2.53. The fourth-order valence-electron chi connectivity index (χ4n) is 1.74. The molecule has 1 unspecified atom stereocenters. The molecule has 9 heteroatoms. The van der Waals surface area contributed by atoms with Crippen molar-refractivity contribution in [2.24, 2.45) is 0 Å². The second kappa shape index (κ2) is 6.74. The van der Waals surface area contributed by atoms with Gasteiger partial charge in [0, 0.05) is 12.6 Å². The normalized spacial score (nSPS) is 20.4. The van der Waals surface area contributed by atoms with Crippen LogP contribution in [0.5, 0.6) is 0 Å². The van der Waals surface area contributed by atoms with E-state index in [1.165, 1.54) is 6.07 Å². The van der Waals surface area contributed by atoms with Crippen LogP contribution in [0, 0.1) is 0 Å². The zero-order valence-corrected chi connectivity index (χ0v) is 13.2. The molecule has 4 nitrogen and oxygen atoms in total. The van der Waals surface area contributed by atoms with Crippen LogP contribution in [0.2, 0.25) is 8.67 Å². The predicted octanol–water partition coefficient (Wildman–Crippen LogP) is 2.51. The van der Waals surface area contributed by atoms with Gasteiger partial charge in [0.1, 0.15) is 9.23 Å². The maximum atomic E-state index is 12.1. The van der Waals surface area contributed by atoms with Crippen LogP contribution >= 0.6 is 46.9 Å². The largest absolute Gasteiger partial charge is 0.315 e. The Bertz CT molecular complexity index is 498. The highest BCUT2D eigenvalue weighted by Crippen LogP contribution is 2.34. The van der Waals surface area contributed by atoms with Gasteiger partial charge in [-0.25, -0.2) is 13.1 Å². The molecule has 0 aromatic carbocycles. The summed E-state index contributed by atoms with van der Waals surface area (Å²) in [5.74, 6) is 0. The molecule has 0 bridgehead atoms. The molecule has 0 saturated carbocycles. The van der Waals surface area contributed by atoms with E-state index >= 15 is 0 Å². The molecule has 1 aliphatic rings. The van der Waals surface area contributed by atoms with Gasteiger partial charge in [-0.15, -0.1) is 23.7 Å². The molecular weight excluding hydrogens is 339 g/mol. The van der Waals surface area contributed by atoms with Crippen LogP contribution in [-0.2, 0) is 10.0 Å². The zero-order valence-electron chi connectivity index (χ0n) is 9.28. The summed E-state index contributed by atoms with van der Waals surface area (Å²) < 4.78 is 27.3. The molecule has 104 valence electrons. The number of thiophene rings is 1. The Hall–Kier alpha value is 0.440. The van der Waals surface area contributed by atoms with E-state index in [-0.39, 0.29) is 27.7 Å². The summed E-state index contributed by atoms with van der Waals surface area (Å²) in [7, 11) is -3.57. The fourth-order valence-corrected chi connectivity index (χ4v) is 5.16. The minimum absolute atomic E-state index is 0. The molecule has 2 rings (SSSR count). The molecule has 1 atom stereocenters. The topological polar surface area (TPSA) is 58.2 Å². The zero-order chi connectivity index (χ0) is 12.5. The van der Waals surface area contributed by atoms with E-state index < -0.39 is 10.0 Å². The summed E-state index contributed by atoms with van der Waals surface area (Å²) in [4.78, 5) is 0.0692. The van der Waals surface area contributed by atoms with Gasteiger partial charge < -0.3 is 5.32 Å². The molecule has 1 fully saturated rings. The van der Waals surface area contributed by atoms with E-state index in [4.69, 9.17) is 23.2 Å². The van der Waals surface area contributed by atoms with Crippen molar-refractivity contribution in [1.29, 1.82) is 0 Å². The molecule has 0 amide bonds. The summed E-state index contributed by atoms with van der Waals surface area (Å²) in [6.45, 7) is 1.58. The SMILES string of the molecule is Cl.O=S(=O)(NC1CCCNC1)c1cc(Cl)sc1Cl. The van der Waals surface area contributed by atoms with Crippen molar-refractivity contribution in [1.82, 2.24) is 10.0 Å². The van der Waals surface area contributed by atoms with Crippen molar-refractivity contribution in [3.63, 3.8) is 0 Å². The minimum Gasteiger partial charge on any atom is -0.315 e. The smallest absolute Gasteiger partial charge is 0.243 e. The number of nitrogens with one attached hydrogen (secondary N) is 2. The highest BCUT2D eigenvalue weighted by atomic mass is 35.5. The second-order valence-electron chi connectivity index (χ2n) is 3.85. The van der Waals surface area contributed by atoms with Gasteiger partial charge in [0.25, 0.3) is 0 Å². The molecule has 1 saturated heterocycles. The van der Waals surface area contributed by atoms with E-state index in [1.807, 2.05) is 0 Å². The van der Waals surface area contributed by atoms with Crippen molar-refractivity contribution in [3.8, 4) is 0 Å². The first-order valence-electron chi connectivity index (χ1n) is 5.17. The molecule has 0 aliphatic carbocycles. The van der Waals surface area contributed by atoms with E-state index in [2.05, 4.69) is 10.0 Å². The number of piperidine rings is 1. The van der Waals surface area contributed by atoms with Crippen molar-refractivity contribution in [3.05, 3.63) is 14.7 Å². The molecule has 1 aliphatic heterocycles. The number of halogens is 3. The molecule has 18 heavy (non-hydrogen) atoms. The molecular formula is C9H13Cl3N2O2S2. The number of hydrogen-bond donors (Lipinski definition) is 2. The second-order valence-corrected chi connectivity index (χ2v) is 7.82. The Kier molecular flexibility index (Phi) is 6.18. The average Bonchev–Trinajstić information content (AvgIpc) is 2.59. The maximum absolute atomic E-state index is 12.1. The lowest BCUT2D eigenvalue weighted by atomic mass is 10.1. The molecule has 1 aromatic rings. The third-order valence-corrected chi connectivity index (χ3v) is 5.81. The number of sulfonamides is 1. The number of rotatable bonds is 3. The Balaban J connectivity index is 0.00000162. The average molecular weight is 352 g/mol. The predicted molar refractivity (Wildman–Crippen MR) is 77.8 cm³/mol. The molecule has 2 N–H and O–H groups in total. The summed E-state index contributed by atoms with van der Waals surface area (Å²) >= 11 is 12.6. The molecule has 1 aromatic heterocycles. The standard InChI is InChI=1S/C9H12Cl2N2O2S2.ClH/c10-8-4-7(9(11)16-8)17(14,15)13-6-2-1-3-12-5-6;/h4,6,12-13H,1-3,5H2;1H. The fraction of sp³-hybridized carbons (Fsp3) is 0.556. The lowest BCUT2D eigenvalue weighted by Gasteiger charge is -2.23. The quantitative estimate of drug-likeness (QED) is 0.879. The lowest BCUT2D eigenvalue weighted by molar-refractivity contribution is 0.429. The van der Waals surface area contributed by atoms with Crippen LogP contribution in [0.3, 0.4) is 0 Å². The monoisotopic (exact) mass is 350 g/mol. The van der Waals surface area contributed by atoms with Crippen LogP contribution in [-0.4, -0.2) is 27.5 Å². The summed E-state index contributed by atoms with van der Waals surface area (Å²) in [6, 6.07) is 1.30. The Morgan fingerprint density at radius 2 is 2.17 bits per heavy atom. The van der Waals surface area contributed by atoms with E-state index in [1.54, 1.807) is 0 Å². The van der Waals surface area contributed by atoms with Crippen LogP contribution in [0.15, 0.2) is 11.0 Å². The third kappa shape index (κ3) is 3.96. The van der Waals surface area contributed by atoms with Crippen molar-refractivity contribution in [2.45, 2.75) is 23.8 Å². The molecule has 0 spiro atoms. The highest BCUT2D eigenvalue weighted by Gasteiger charge is 2.25. The van der Waals surface area contributed by atoms with Gasteiger partial charge in [-0.2, -0.15) is 0 Å². The van der Waals surface area contributed by atoms with Gasteiger partial charge in [-0.1, -0.05) is 23.2 Å². The Labute approximate surface area is 127 Å². The lowest BCUT2D eigenvalue weighted by Crippen LogP contribution is -2.45. The van der Waals surface area contributed by atoms with Crippen LogP contribution in [0.4, 0.5) is 0 Å². The van der Waals surface area contributed by atoms with Gasteiger partial charge in [0.05, 0.1) is 4.34 Å². The van der Waals surface area contributed by atoms with Crippen molar-refractivity contribution >= 4 is 57.0 Å². The van der Waals surface area contributed by atoms with Gasteiger partial charge in [-0.3, -0.25) is 0 Å². The maximum Gasteiger partial charge on any atom is 0.243 e. The first kappa shape index (κ1) is 16.5. The molecule has 0 radical (unpaired) electrons. The van der Waals surface area contributed by atoms with Crippen LogP contribution < -0.4 is 10.0 Å². The van der Waals surface area contributed by atoms with Crippen LogP contribution in [0.25, 0.3) is 0 Å². The summed E-state index contributed by atoms with van der Waals surface area (Å²) in [5, 5.41) is 3.15. The van der Waals surface area contributed by atoms with Gasteiger partial charge in [-0.05, 0) is 25.5 Å². The van der Waals surface area contributed by atoms with E-state index in [0.717, 1.165) is 30.7 Å².